The lowest BCUT2D eigenvalue weighted by Gasteiger charge is -2.18. The summed E-state index contributed by atoms with van der Waals surface area (Å²) in [6.45, 7) is 6.69. The summed E-state index contributed by atoms with van der Waals surface area (Å²) in [5.74, 6) is -0.846. The summed E-state index contributed by atoms with van der Waals surface area (Å²) in [5.41, 5.74) is 0. The molecule has 0 aliphatic rings. The first-order chi connectivity index (χ1) is 36.5. The van der Waals surface area contributed by atoms with Crippen LogP contribution in [-0.4, -0.2) is 37.2 Å². The molecule has 0 bridgehead atoms. The lowest BCUT2D eigenvalue weighted by atomic mass is 10.0. The number of carbonyl (C=O) groups excluding carboxylic acids is 3. The molecular formula is C68H126O6. The van der Waals surface area contributed by atoms with Gasteiger partial charge in [-0.25, -0.2) is 0 Å². The first-order valence-corrected chi connectivity index (χ1v) is 33.0. The SMILES string of the molecule is CCCCCCC/C=C\C/C=C\C/C=C\CCCCCCCCCCCCC(=O)OCC(COC(=O)CCCCCCCCCCCCCC)OC(=O)CCCCCCCCCCCCCCCCCCCCC. The van der Waals surface area contributed by atoms with Crippen LogP contribution >= 0.6 is 0 Å². The number of ether oxygens (including phenoxy) is 3. The molecule has 6 heteroatoms. The molecule has 0 saturated carbocycles. The van der Waals surface area contributed by atoms with Crippen LogP contribution in [0, 0.1) is 0 Å². The smallest absolute Gasteiger partial charge is 0.306 e. The van der Waals surface area contributed by atoms with Crippen LogP contribution in [0.1, 0.15) is 361 Å². The van der Waals surface area contributed by atoms with E-state index in [-0.39, 0.29) is 31.1 Å². The molecular weight excluding hydrogens is 913 g/mol. The Labute approximate surface area is 461 Å². The first kappa shape index (κ1) is 71.6. The standard InChI is InChI=1S/C68H126O6/c1-4-7-10-13-16-19-22-25-27-29-31-32-33-34-35-36-38-39-41-43-46-49-52-55-58-61-67(70)73-64-65(63-72-66(69)60-57-54-51-48-45-24-21-18-15-12-9-6-3)74-68(71)62-59-56-53-50-47-44-42-40-37-30-28-26-23-20-17-14-11-8-5-2/h22,25,29,31,33-34,65H,4-21,23-24,26-28,30,32,35-64H2,1-3H3/b25-22-,31-29-,34-33-. The molecule has 74 heavy (non-hydrogen) atoms. The highest BCUT2D eigenvalue weighted by atomic mass is 16.6. The normalized spacial score (nSPS) is 12.2. The highest BCUT2D eigenvalue weighted by molar-refractivity contribution is 5.71. The van der Waals surface area contributed by atoms with Crippen molar-refractivity contribution in [1.82, 2.24) is 0 Å². The van der Waals surface area contributed by atoms with Crippen molar-refractivity contribution in [2.75, 3.05) is 13.2 Å². The Morgan fingerprint density at radius 3 is 0.757 bits per heavy atom. The summed E-state index contributed by atoms with van der Waals surface area (Å²) in [7, 11) is 0. The van der Waals surface area contributed by atoms with Crippen LogP contribution in [0.15, 0.2) is 36.5 Å². The van der Waals surface area contributed by atoms with Crippen molar-refractivity contribution >= 4 is 17.9 Å². The van der Waals surface area contributed by atoms with E-state index in [1.54, 1.807) is 0 Å². The van der Waals surface area contributed by atoms with Crippen LogP contribution in [0.2, 0.25) is 0 Å². The third-order valence-corrected chi connectivity index (χ3v) is 14.9. The quantitative estimate of drug-likeness (QED) is 0.0261. The van der Waals surface area contributed by atoms with Crippen LogP contribution in [0.3, 0.4) is 0 Å². The number of unbranched alkanes of at least 4 members (excludes halogenated alkanes) is 44. The van der Waals surface area contributed by atoms with Gasteiger partial charge in [0.15, 0.2) is 6.10 Å². The lowest BCUT2D eigenvalue weighted by molar-refractivity contribution is -0.167. The molecule has 0 aliphatic carbocycles. The highest BCUT2D eigenvalue weighted by Gasteiger charge is 2.19. The van der Waals surface area contributed by atoms with Gasteiger partial charge in [0.25, 0.3) is 0 Å². The maximum absolute atomic E-state index is 12.9. The van der Waals surface area contributed by atoms with E-state index < -0.39 is 6.10 Å². The molecule has 0 spiro atoms. The summed E-state index contributed by atoms with van der Waals surface area (Å²) in [6.07, 6.45) is 77.2. The summed E-state index contributed by atoms with van der Waals surface area (Å²) < 4.78 is 16.9. The lowest BCUT2D eigenvalue weighted by Crippen LogP contribution is -2.30. The second-order valence-electron chi connectivity index (χ2n) is 22.4. The van der Waals surface area contributed by atoms with Crippen LogP contribution in [0.25, 0.3) is 0 Å². The second kappa shape index (κ2) is 63.2. The van der Waals surface area contributed by atoms with Crippen molar-refractivity contribution in [2.45, 2.75) is 367 Å². The van der Waals surface area contributed by atoms with Gasteiger partial charge in [0.2, 0.25) is 0 Å². The Balaban J connectivity index is 4.25. The zero-order valence-electron chi connectivity index (χ0n) is 49.9. The van der Waals surface area contributed by atoms with Crippen molar-refractivity contribution in [3.8, 4) is 0 Å². The zero-order valence-corrected chi connectivity index (χ0v) is 49.9. The van der Waals surface area contributed by atoms with Crippen molar-refractivity contribution in [3.05, 3.63) is 36.5 Å². The van der Waals surface area contributed by atoms with Gasteiger partial charge in [-0.2, -0.15) is 0 Å². The third-order valence-electron chi connectivity index (χ3n) is 14.9. The molecule has 0 radical (unpaired) electrons. The van der Waals surface area contributed by atoms with E-state index in [9.17, 15) is 14.4 Å². The minimum absolute atomic E-state index is 0.0675. The van der Waals surface area contributed by atoms with E-state index in [2.05, 4.69) is 57.2 Å². The van der Waals surface area contributed by atoms with Crippen LogP contribution in [0.4, 0.5) is 0 Å². The Hall–Kier alpha value is -2.37. The molecule has 0 rings (SSSR count). The fraction of sp³-hybridized carbons (Fsp3) is 0.868. The van der Waals surface area contributed by atoms with Gasteiger partial charge in [0, 0.05) is 19.3 Å². The van der Waals surface area contributed by atoms with Crippen LogP contribution in [-0.2, 0) is 28.6 Å². The summed E-state index contributed by atoms with van der Waals surface area (Å²) in [6, 6.07) is 0. The largest absolute Gasteiger partial charge is 0.462 e. The first-order valence-electron chi connectivity index (χ1n) is 33.0. The number of esters is 3. The molecule has 0 aromatic rings. The minimum atomic E-state index is -0.770. The average Bonchev–Trinajstić information content (AvgIpc) is 3.40. The van der Waals surface area contributed by atoms with Crippen molar-refractivity contribution in [1.29, 1.82) is 0 Å². The van der Waals surface area contributed by atoms with Crippen molar-refractivity contribution in [3.63, 3.8) is 0 Å². The Morgan fingerprint density at radius 2 is 0.486 bits per heavy atom. The monoisotopic (exact) mass is 1040 g/mol. The highest BCUT2D eigenvalue weighted by Crippen LogP contribution is 2.18. The minimum Gasteiger partial charge on any atom is -0.462 e. The fourth-order valence-corrected chi connectivity index (χ4v) is 9.92. The van der Waals surface area contributed by atoms with Gasteiger partial charge < -0.3 is 14.2 Å². The molecule has 0 N–H and O–H groups in total. The predicted molar refractivity (Wildman–Crippen MR) is 321 cm³/mol. The van der Waals surface area contributed by atoms with E-state index in [4.69, 9.17) is 14.2 Å². The molecule has 0 aliphatic heterocycles. The van der Waals surface area contributed by atoms with E-state index in [0.29, 0.717) is 19.3 Å². The molecule has 6 nitrogen and oxygen atoms in total. The van der Waals surface area contributed by atoms with Gasteiger partial charge >= 0.3 is 17.9 Å². The molecule has 0 saturated heterocycles. The molecule has 434 valence electrons. The number of hydrogen-bond donors (Lipinski definition) is 0. The molecule has 0 amide bonds. The average molecular weight is 1040 g/mol. The van der Waals surface area contributed by atoms with Gasteiger partial charge in [-0.1, -0.05) is 320 Å². The van der Waals surface area contributed by atoms with Crippen molar-refractivity contribution in [2.24, 2.45) is 0 Å². The molecule has 0 fully saturated rings. The Morgan fingerprint density at radius 1 is 0.270 bits per heavy atom. The topological polar surface area (TPSA) is 78.9 Å². The Bertz CT molecular complexity index is 1240. The van der Waals surface area contributed by atoms with Gasteiger partial charge in [-0.15, -0.1) is 0 Å². The van der Waals surface area contributed by atoms with E-state index >= 15 is 0 Å². The van der Waals surface area contributed by atoms with E-state index in [0.717, 1.165) is 70.6 Å². The number of rotatable bonds is 61. The van der Waals surface area contributed by atoms with Crippen molar-refractivity contribution < 1.29 is 28.6 Å². The van der Waals surface area contributed by atoms with Crippen LogP contribution < -0.4 is 0 Å². The second-order valence-corrected chi connectivity index (χ2v) is 22.4. The van der Waals surface area contributed by atoms with E-state index in [1.807, 2.05) is 0 Å². The summed E-state index contributed by atoms with van der Waals surface area (Å²) in [5, 5.41) is 0. The van der Waals surface area contributed by atoms with E-state index in [1.165, 1.54) is 250 Å². The van der Waals surface area contributed by atoms with Gasteiger partial charge in [-0.3, -0.25) is 14.4 Å². The maximum Gasteiger partial charge on any atom is 0.306 e. The predicted octanol–water partition coefficient (Wildman–Crippen LogP) is 22.4. The fourth-order valence-electron chi connectivity index (χ4n) is 9.92. The van der Waals surface area contributed by atoms with Gasteiger partial charge in [0.05, 0.1) is 0 Å². The third kappa shape index (κ3) is 60.5. The molecule has 0 aromatic heterocycles. The van der Waals surface area contributed by atoms with Gasteiger partial charge in [-0.05, 0) is 57.8 Å². The number of allylic oxidation sites excluding steroid dienone is 6. The Kier molecular flexibility index (Phi) is 61.1. The molecule has 1 unspecified atom stereocenters. The molecule has 0 aromatic carbocycles. The summed E-state index contributed by atoms with van der Waals surface area (Å²) >= 11 is 0. The number of carbonyl (C=O) groups is 3. The zero-order chi connectivity index (χ0) is 53.6. The number of hydrogen-bond acceptors (Lipinski definition) is 6. The summed E-state index contributed by atoms with van der Waals surface area (Å²) in [4.78, 5) is 38.3. The molecule has 1 atom stereocenters. The van der Waals surface area contributed by atoms with Crippen LogP contribution in [0.5, 0.6) is 0 Å². The molecule has 0 heterocycles. The van der Waals surface area contributed by atoms with Gasteiger partial charge in [0.1, 0.15) is 13.2 Å². The maximum atomic E-state index is 12.9.